The van der Waals surface area contributed by atoms with E-state index in [0.717, 1.165) is 60.1 Å². The molecule has 1 N–H and O–H groups in total. The molecule has 7 nitrogen and oxygen atoms in total. The molecule has 7 heteroatoms. The molecular weight excluding hydrogens is 388 g/mol. The van der Waals surface area contributed by atoms with Gasteiger partial charge in [-0.1, -0.05) is 19.9 Å². The lowest BCUT2D eigenvalue weighted by Gasteiger charge is -2.38. The molecule has 4 rings (SSSR count). The normalized spacial score (nSPS) is 16.0. The van der Waals surface area contributed by atoms with E-state index in [2.05, 4.69) is 38.9 Å². The van der Waals surface area contributed by atoms with Gasteiger partial charge in [0, 0.05) is 55.4 Å². The highest BCUT2D eigenvalue weighted by Crippen LogP contribution is 2.23. The topological polar surface area (TPSA) is 74.2 Å². The predicted molar refractivity (Wildman–Crippen MR) is 124 cm³/mol. The van der Waals surface area contributed by atoms with Crippen molar-refractivity contribution in [3.63, 3.8) is 0 Å². The highest BCUT2D eigenvalue weighted by molar-refractivity contribution is 6.02. The maximum Gasteiger partial charge on any atom is 0.241 e. The highest BCUT2D eigenvalue weighted by atomic mass is 16.2. The largest absolute Gasteiger partial charge is 0.354 e. The van der Waals surface area contributed by atoms with Gasteiger partial charge in [0.1, 0.15) is 11.6 Å². The van der Waals surface area contributed by atoms with Crippen LogP contribution in [0.2, 0.25) is 0 Å². The molecule has 0 unspecified atom stereocenters. The van der Waals surface area contributed by atoms with Crippen LogP contribution in [0.4, 0.5) is 11.5 Å². The Hall–Kier alpha value is -3.06. The van der Waals surface area contributed by atoms with E-state index in [1.54, 1.807) is 6.20 Å². The van der Waals surface area contributed by atoms with Crippen LogP contribution < -0.4 is 10.2 Å². The summed E-state index contributed by atoms with van der Waals surface area (Å²) in [6.07, 6.45) is 1.76. The number of rotatable bonds is 5. The van der Waals surface area contributed by atoms with Crippen LogP contribution in [0.5, 0.6) is 0 Å². The monoisotopic (exact) mass is 418 g/mol. The van der Waals surface area contributed by atoms with E-state index in [0.29, 0.717) is 5.92 Å². The number of carbonyl (C=O) groups is 1. The maximum atomic E-state index is 13.0. The number of benzene rings is 1. The van der Waals surface area contributed by atoms with Crippen molar-refractivity contribution in [3.05, 3.63) is 54.1 Å². The number of carbonyl (C=O) groups excluding carboxylic acids is 1. The summed E-state index contributed by atoms with van der Waals surface area (Å²) in [4.78, 5) is 31.2. The van der Waals surface area contributed by atoms with Crippen LogP contribution in [-0.4, -0.2) is 58.0 Å². The zero-order valence-corrected chi connectivity index (χ0v) is 18.7. The van der Waals surface area contributed by atoms with Crippen molar-refractivity contribution in [2.24, 2.45) is 0 Å². The summed E-state index contributed by atoms with van der Waals surface area (Å²) in [5.41, 5.74) is 2.68. The Morgan fingerprint density at radius 2 is 1.81 bits per heavy atom. The minimum atomic E-state index is -0.215. The number of hydrogen-bond donors (Lipinski definition) is 1. The van der Waals surface area contributed by atoms with Crippen LogP contribution in [0, 0.1) is 6.92 Å². The number of nitrogens with one attached hydrogen (secondary N) is 1. The number of amides is 1. The van der Waals surface area contributed by atoms with Crippen LogP contribution in [-0.2, 0) is 4.79 Å². The Labute approximate surface area is 183 Å². The van der Waals surface area contributed by atoms with Gasteiger partial charge < -0.3 is 10.2 Å². The molecule has 3 heterocycles. The molecule has 162 valence electrons. The van der Waals surface area contributed by atoms with Crippen molar-refractivity contribution < 1.29 is 4.79 Å². The summed E-state index contributed by atoms with van der Waals surface area (Å²) in [6.45, 7) is 11.5. The van der Waals surface area contributed by atoms with Gasteiger partial charge in [-0.05, 0) is 38.1 Å². The Bertz CT molecular complexity index is 1070. The number of aryl methyl sites for hydroxylation is 1. The second-order valence-electron chi connectivity index (χ2n) is 8.44. The number of piperazine rings is 1. The van der Waals surface area contributed by atoms with Crippen molar-refractivity contribution in [1.82, 2.24) is 19.9 Å². The first-order valence-corrected chi connectivity index (χ1v) is 10.9. The number of pyridine rings is 1. The molecule has 1 atom stereocenters. The summed E-state index contributed by atoms with van der Waals surface area (Å²) in [7, 11) is 0. The van der Waals surface area contributed by atoms with Crippen molar-refractivity contribution in [2.45, 2.75) is 39.7 Å². The first kappa shape index (κ1) is 21.2. The van der Waals surface area contributed by atoms with Crippen LogP contribution in [0.3, 0.4) is 0 Å². The summed E-state index contributed by atoms with van der Waals surface area (Å²) >= 11 is 0. The van der Waals surface area contributed by atoms with Gasteiger partial charge in [0.05, 0.1) is 17.2 Å². The van der Waals surface area contributed by atoms with Crippen LogP contribution in [0.1, 0.15) is 38.2 Å². The molecule has 0 spiro atoms. The third-order valence-electron chi connectivity index (χ3n) is 5.84. The van der Waals surface area contributed by atoms with E-state index in [4.69, 9.17) is 4.98 Å². The van der Waals surface area contributed by atoms with Gasteiger partial charge in [-0.2, -0.15) is 0 Å². The molecule has 1 fully saturated rings. The molecular formula is C24H30N6O. The molecule has 3 aromatic rings. The highest BCUT2D eigenvalue weighted by Gasteiger charge is 2.27. The van der Waals surface area contributed by atoms with E-state index in [1.807, 2.05) is 50.2 Å². The lowest BCUT2D eigenvalue weighted by molar-refractivity contribution is -0.120. The van der Waals surface area contributed by atoms with Gasteiger partial charge in [-0.25, -0.2) is 9.97 Å². The second-order valence-corrected chi connectivity index (χ2v) is 8.44. The van der Waals surface area contributed by atoms with Crippen molar-refractivity contribution in [3.8, 4) is 0 Å². The average Bonchev–Trinajstić information content (AvgIpc) is 2.78. The molecule has 0 aliphatic carbocycles. The molecule has 1 aromatic carbocycles. The average molecular weight is 419 g/mol. The van der Waals surface area contributed by atoms with Gasteiger partial charge in [-0.3, -0.25) is 14.7 Å². The molecule has 0 bridgehead atoms. The van der Waals surface area contributed by atoms with Crippen LogP contribution in [0.15, 0.2) is 42.6 Å². The molecule has 1 amide bonds. The fraction of sp³-hybridized carbons (Fsp3) is 0.417. The van der Waals surface area contributed by atoms with E-state index >= 15 is 0 Å². The van der Waals surface area contributed by atoms with E-state index in [1.165, 1.54) is 0 Å². The lowest BCUT2D eigenvalue weighted by Crippen LogP contribution is -2.53. The summed E-state index contributed by atoms with van der Waals surface area (Å²) in [5, 5.41) is 4.05. The molecule has 2 aromatic heterocycles. The summed E-state index contributed by atoms with van der Waals surface area (Å²) in [6, 6.07) is 11.5. The van der Waals surface area contributed by atoms with Gasteiger partial charge in [-0.15, -0.1) is 0 Å². The smallest absolute Gasteiger partial charge is 0.241 e. The Morgan fingerprint density at radius 3 is 2.55 bits per heavy atom. The Balaban J connectivity index is 1.40. The molecule has 0 radical (unpaired) electrons. The van der Waals surface area contributed by atoms with E-state index in [-0.39, 0.29) is 11.9 Å². The summed E-state index contributed by atoms with van der Waals surface area (Å²) < 4.78 is 0. The first-order chi connectivity index (χ1) is 14.9. The van der Waals surface area contributed by atoms with Crippen molar-refractivity contribution >= 4 is 28.3 Å². The molecule has 1 aliphatic heterocycles. The standard InChI is InChI=1S/C24H30N6O/c1-16(2)23-26-17(3)15-22(28-23)30-13-11-29(12-14-30)18(4)24(31)27-21-9-5-8-20-19(21)7-6-10-25-20/h5-10,15-16,18H,11-14H2,1-4H3,(H,27,31)/t18-/m0/s1. The second kappa shape index (κ2) is 8.98. The Kier molecular flexibility index (Phi) is 6.13. The van der Waals surface area contributed by atoms with Gasteiger partial charge in [0.2, 0.25) is 5.91 Å². The minimum absolute atomic E-state index is 0.00442. The molecule has 1 saturated heterocycles. The number of anilines is 2. The quantitative estimate of drug-likeness (QED) is 0.682. The van der Waals surface area contributed by atoms with Crippen molar-refractivity contribution in [1.29, 1.82) is 0 Å². The lowest BCUT2D eigenvalue weighted by atomic mass is 10.1. The molecule has 31 heavy (non-hydrogen) atoms. The van der Waals surface area contributed by atoms with E-state index in [9.17, 15) is 4.79 Å². The van der Waals surface area contributed by atoms with Crippen LogP contribution >= 0.6 is 0 Å². The van der Waals surface area contributed by atoms with Gasteiger partial charge >= 0.3 is 0 Å². The van der Waals surface area contributed by atoms with E-state index < -0.39 is 0 Å². The summed E-state index contributed by atoms with van der Waals surface area (Å²) in [5.74, 6) is 2.17. The number of aromatic nitrogens is 3. The number of fused-ring (bicyclic) bond motifs is 1. The third kappa shape index (κ3) is 4.66. The molecule has 1 aliphatic rings. The SMILES string of the molecule is Cc1cc(N2CCN([C@@H](C)C(=O)Nc3cccc4ncccc34)CC2)nc(C(C)C)n1. The van der Waals surface area contributed by atoms with Gasteiger partial charge in [0.15, 0.2) is 0 Å². The third-order valence-corrected chi connectivity index (χ3v) is 5.84. The maximum absolute atomic E-state index is 13.0. The number of hydrogen-bond acceptors (Lipinski definition) is 6. The van der Waals surface area contributed by atoms with Crippen LogP contribution in [0.25, 0.3) is 10.9 Å². The minimum Gasteiger partial charge on any atom is -0.354 e. The number of nitrogens with zero attached hydrogens (tertiary/aromatic N) is 5. The fourth-order valence-corrected chi connectivity index (χ4v) is 3.95. The zero-order chi connectivity index (χ0) is 22.0. The predicted octanol–water partition coefficient (Wildman–Crippen LogP) is 3.61. The zero-order valence-electron chi connectivity index (χ0n) is 18.7. The van der Waals surface area contributed by atoms with Gasteiger partial charge in [0.25, 0.3) is 0 Å². The Morgan fingerprint density at radius 1 is 1.03 bits per heavy atom. The van der Waals surface area contributed by atoms with Crippen molar-refractivity contribution in [2.75, 3.05) is 36.4 Å². The molecule has 0 saturated carbocycles. The fourth-order valence-electron chi connectivity index (χ4n) is 3.95. The first-order valence-electron chi connectivity index (χ1n) is 10.9.